The van der Waals surface area contributed by atoms with E-state index in [0.29, 0.717) is 5.69 Å². The maximum Gasteiger partial charge on any atom is 0.337 e. The number of rotatable bonds is 5. The number of benzene rings is 1. The van der Waals surface area contributed by atoms with Crippen LogP contribution in [0.25, 0.3) is 0 Å². The largest absolute Gasteiger partial charge is 0.478 e. The number of carboxylic acid groups (broad SMARTS) is 1. The lowest BCUT2D eigenvalue weighted by Gasteiger charge is -2.09. The van der Waals surface area contributed by atoms with Gasteiger partial charge in [0, 0.05) is 0 Å². The first-order valence-corrected chi connectivity index (χ1v) is 6.59. The molecule has 0 atom stereocenters. The van der Waals surface area contributed by atoms with E-state index >= 15 is 0 Å². The Kier molecular flexibility index (Phi) is 8.37. The normalized spacial score (nSPS) is 9.63. The van der Waals surface area contributed by atoms with E-state index < -0.39 is 5.97 Å². The molecule has 5 heteroatoms. The number of aromatic carboxylic acids is 1. The summed E-state index contributed by atoms with van der Waals surface area (Å²) in [5, 5.41) is 8.78. The zero-order valence-corrected chi connectivity index (χ0v) is 11.8. The molecule has 1 rings (SSSR count). The molecule has 0 fully saturated rings. The van der Waals surface area contributed by atoms with E-state index in [1.54, 1.807) is 6.07 Å². The number of nitrogens with two attached hydrogens (primary N) is 3. The minimum absolute atomic E-state index is 0.0716. The van der Waals surface area contributed by atoms with Crippen molar-refractivity contribution in [3.8, 4) is 0 Å². The zero-order valence-electron chi connectivity index (χ0n) is 11.8. The SMILES string of the molecule is CCCCN.CCCc1ccc(C(=O)O)c(N)c1N. The van der Waals surface area contributed by atoms with Crippen LogP contribution in [0.4, 0.5) is 11.4 Å². The van der Waals surface area contributed by atoms with Crippen molar-refractivity contribution < 1.29 is 9.90 Å². The highest BCUT2D eigenvalue weighted by atomic mass is 16.4. The molecule has 0 aliphatic carbocycles. The third-order valence-electron chi connectivity index (χ3n) is 2.68. The molecule has 0 heterocycles. The van der Waals surface area contributed by atoms with Crippen LogP contribution in [0.3, 0.4) is 0 Å². The first-order valence-electron chi connectivity index (χ1n) is 6.59. The highest BCUT2D eigenvalue weighted by Gasteiger charge is 2.12. The summed E-state index contributed by atoms with van der Waals surface area (Å²) < 4.78 is 0. The second-order valence-corrected chi connectivity index (χ2v) is 4.30. The Morgan fingerprint density at radius 1 is 1.16 bits per heavy atom. The molecule has 0 aromatic heterocycles. The van der Waals surface area contributed by atoms with Crippen LogP contribution in [0, 0.1) is 0 Å². The van der Waals surface area contributed by atoms with E-state index in [2.05, 4.69) is 6.92 Å². The number of anilines is 2. The number of aryl methyl sites for hydroxylation is 1. The summed E-state index contributed by atoms with van der Waals surface area (Å²) in [5.74, 6) is -1.04. The molecule has 5 nitrogen and oxygen atoms in total. The highest BCUT2D eigenvalue weighted by molar-refractivity contribution is 5.97. The third-order valence-corrected chi connectivity index (χ3v) is 2.68. The van der Waals surface area contributed by atoms with Gasteiger partial charge in [0.1, 0.15) is 0 Å². The maximum atomic E-state index is 10.7. The molecule has 108 valence electrons. The smallest absolute Gasteiger partial charge is 0.337 e. The Morgan fingerprint density at radius 2 is 1.79 bits per heavy atom. The van der Waals surface area contributed by atoms with Crippen molar-refractivity contribution >= 4 is 17.3 Å². The van der Waals surface area contributed by atoms with Gasteiger partial charge in [0.2, 0.25) is 0 Å². The van der Waals surface area contributed by atoms with Crippen LogP contribution in [0.1, 0.15) is 49.0 Å². The van der Waals surface area contributed by atoms with Gasteiger partial charge in [0.15, 0.2) is 0 Å². The fourth-order valence-corrected chi connectivity index (χ4v) is 1.56. The number of nitrogen functional groups attached to an aromatic ring is 2. The Bertz CT molecular complexity index is 404. The molecular formula is C14H25N3O2. The lowest BCUT2D eigenvalue weighted by molar-refractivity contribution is 0.0698. The summed E-state index contributed by atoms with van der Waals surface area (Å²) in [7, 11) is 0. The summed E-state index contributed by atoms with van der Waals surface area (Å²) in [4.78, 5) is 10.7. The van der Waals surface area contributed by atoms with Crippen molar-refractivity contribution in [1.29, 1.82) is 0 Å². The number of carboxylic acids is 1. The molecule has 0 saturated heterocycles. The van der Waals surface area contributed by atoms with Crippen molar-refractivity contribution in [3.63, 3.8) is 0 Å². The summed E-state index contributed by atoms with van der Waals surface area (Å²) >= 11 is 0. The highest BCUT2D eigenvalue weighted by Crippen LogP contribution is 2.25. The fraction of sp³-hybridized carbons (Fsp3) is 0.500. The van der Waals surface area contributed by atoms with Crippen LogP contribution in [0.5, 0.6) is 0 Å². The molecule has 1 aromatic carbocycles. The van der Waals surface area contributed by atoms with Crippen LogP contribution in [-0.2, 0) is 6.42 Å². The van der Waals surface area contributed by atoms with E-state index in [9.17, 15) is 4.79 Å². The van der Waals surface area contributed by atoms with Gasteiger partial charge in [-0.05, 0) is 31.0 Å². The van der Waals surface area contributed by atoms with Gasteiger partial charge in [-0.2, -0.15) is 0 Å². The number of unbranched alkanes of at least 4 members (excludes halogenated alkanes) is 1. The number of hydrogen-bond donors (Lipinski definition) is 4. The van der Waals surface area contributed by atoms with Gasteiger partial charge in [-0.25, -0.2) is 4.79 Å². The van der Waals surface area contributed by atoms with Gasteiger partial charge in [-0.3, -0.25) is 0 Å². The lowest BCUT2D eigenvalue weighted by atomic mass is 10.0. The van der Waals surface area contributed by atoms with E-state index in [1.165, 1.54) is 18.9 Å². The van der Waals surface area contributed by atoms with Crippen molar-refractivity contribution in [1.82, 2.24) is 0 Å². The van der Waals surface area contributed by atoms with E-state index in [-0.39, 0.29) is 11.3 Å². The van der Waals surface area contributed by atoms with Crippen LogP contribution in [0.2, 0.25) is 0 Å². The third kappa shape index (κ3) is 5.61. The molecule has 0 aliphatic heterocycles. The van der Waals surface area contributed by atoms with Gasteiger partial charge >= 0.3 is 5.97 Å². The molecule has 0 bridgehead atoms. The summed E-state index contributed by atoms with van der Waals surface area (Å²) in [6, 6.07) is 3.22. The van der Waals surface area contributed by atoms with Crippen molar-refractivity contribution in [3.05, 3.63) is 23.3 Å². The molecular weight excluding hydrogens is 242 g/mol. The predicted molar refractivity (Wildman–Crippen MR) is 80.2 cm³/mol. The minimum Gasteiger partial charge on any atom is -0.478 e. The van der Waals surface area contributed by atoms with Gasteiger partial charge in [-0.1, -0.05) is 32.8 Å². The fourth-order valence-electron chi connectivity index (χ4n) is 1.56. The maximum absolute atomic E-state index is 10.7. The van der Waals surface area contributed by atoms with Crippen LogP contribution >= 0.6 is 0 Å². The van der Waals surface area contributed by atoms with Gasteiger partial charge in [0.05, 0.1) is 16.9 Å². The van der Waals surface area contributed by atoms with Gasteiger partial charge < -0.3 is 22.3 Å². The average Bonchev–Trinajstić information content (AvgIpc) is 2.37. The summed E-state index contributed by atoms with van der Waals surface area (Å²) in [6.07, 6.45) is 4.16. The molecule has 0 saturated carbocycles. The van der Waals surface area contributed by atoms with Crippen molar-refractivity contribution in [2.75, 3.05) is 18.0 Å². The van der Waals surface area contributed by atoms with Crippen LogP contribution in [-0.4, -0.2) is 17.6 Å². The van der Waals surface area contributed by atoms with Crippen LogP contribution < -0.4 is 17.2 Å². The summed E-state index contributed by atoms with van der Waals surface area (Å²) in [6.45, 7) is 5.00. The topological polar surface area (TPSA) is 115 Å². The molecule has 0 spiro atoms. The van der Waals surface area contributed by atoms with Crippen LogP contribution in [0.15, 0.2) is 12.1 Å². The second kappa shape index (κ2) is 9.22. The summed E-state index contributed by atoms with van der Waals surface area (Å²) in [5.41, 5.74) is 18.0. The monoisotopic (exact) mass is 267 g/mol. The quantitative estimate of drug-likeness (QED) is 0.611. The van der Waals surface area contributed by atoms with Gasteiger partial charge in [0.25, 0.3) is 0 Å². The average molecular weight is 267 g/mol. The molecule has 7 N–H and O–H groups in total. The van der Waals surface area contributed by atoms with E-state index in [0.717, 1.165) is 24.9 Å². The number of carbonyl (C=O) groups is 1. The Morgan fingerprint density at radius 3 is 2.16 bits per heavy atom. The minimum atomic E-state index is -1.04. The molecule has 19 heavy (non-hydrogen) atoms. The lowest BCUT2D eigenvalue weighted by Crippen LogP contribution is -2.07. The Hall–Kier alpha value is -1.75. The number of hydrogen-bond acceptors (Lipinski definition) is 4. The Labute approximate surface area is 114 Å². The first kappa shape index (κ1) is 17.2. The predicted octanol–water partition coefficient (Wildman–Crippen LogP) is 2.25. The van der Waals surface area contributed by atoms with Crippen molar-refractivity contribution in [2.45, 2.75) is 39.5 Å². The first-order chi connectivity index (χ1) is 8.99. The van der Waals surface area contributed by atoms with Gasteiger partial charge in [-0.15, -0.1) is 0 Å². The molecule has 0 amide bonds. The molecule has 1 aromatic rings. The van der Waals surface area contributed by atoms with E-state index in [1.807, 2.05) is 6.92 Å². The molecule has 0 unspecified atom stereocenters. The molecule has 0 aliphatic rings. The standard InChI is InChI=1S/C10H14N2O2.C4H11N/c1-2-3-6-4-5-7(10(13)14)9(12)8(6)11;1-2-3-4-5/h4-5H,2-3,11-12H2,1H3,(H,13,14);2-5H2,1H3. The molecule has 0 radical (unpaired) electrons. The second-order valence-electron chi connectivity index (χ2n) is 4.30. The zero-order chi connectivity index (χ0) is 14.8. The Balaban J connectivity index is 0.000000555. The van der Waals surface area contributed by atoms with Crippen molar-refractivity contribution in [2.24, 2.45) is 5.73 Å². The van der Waals surface area contributed by atoms with E-state index in [4.69, 9.17) is 22.3 Å².